The normalized spacial score (nSPS) is 18.4. The molecule has 0 aliphatic carbocycles. The molecule has 1 fully saturated rings. The van der Waals surface area contributed by atoms with Crippen molar-refractivity contribution in [1.82, 2.24) is 19.7 Å². The maximum Gasteiger partial charge on any atom is 0.325 e. The maximum absolute atomic E-state index is 11.1. The lowest BCUT2D eigenvalue weighted by atomic mass is 10.1. The lowest BCUT2D eigenvalue weighted by molar-refractivity contribution is -0.138. The molecule has 0 amide bonds. The zero-order chi connectivity index (χ0) is 17.8. The number of likely N-dealkylation sites (tertiary alicyclic amines) is 1. The highest BCUT2D eigenvalue weighted by atomic mass is 35.5. The first-order chi connectivity index (χ1) is 12.0. The monoisotopic (exact) mass is 364 g/mol. The van der Waals surface area contributed by atoms with E-state index in [0.717, 1.165) is 24.9 Å². The van der Waals surface area contributed by atoms with Crippen molar-refractivity contribution in [3.05, 3.63) is 46.5 Å². The van der Waals surface area contributed by atoms with E-state index in [-0.39, 0.29) is 12.6 Å². The Labute approximate surface area is 150 Å². The Morgan fingerprint density at radius 1 is 1.40 bits per heavy atom. The molecule has 1 aliphatic heterocycles. The quantitative estimate of drug-likeness (QED) is 0.808. The van der Waals surface area contributed by atoms with Gasteiger partial charge < -0.3 is 10.2 Å². The highest BCUT2D eigenvalue weighted by Crippen LogP contribution is 2.16. The number of aliphatic carboxylic acids is 1. The second-order valence-electron chi connectivity index (χ2n) is 6.33. The highest BCUT2D eigenvalue weighted by Gasteiger charge is 2.21. The van der Waals surface area contributed by atoms with Gasteiger partial charge in [-0.25, -0.2) is 9.67 Å². The molecule has 8 heteroatoms. The van der Waals surface area contributed by atoms with Crippen LogP contribution in [0.3, 0.4) is 0 Å². The molecule has 0 unspecified atom stereocenters. The van der Waals surface area contributed by atoms with E-state index >= 15 is 0 Å². The summed E-state index contributed by atoms with van der Waals surface area (Å²) in [5.74, 6) is 0.212. The van der Waals surface area contributed by atoms with Gasteiger partial charge in [0.25, 0.3) is 0 Å². The number of β-amino-alcohol motifs (C(OH)–C–C–N with tert-alkyl or cyclic N) is 1. The molecule has 2 N–H and O–H groups in total. The van der Waals surface area contributed by atoms with Gasteiger partial charge in [0.1, 0.15) is 12.4 Å². The number of carboxylic acids is 1. The summed E-state index contributed by atoms with van der Waals surface area (Å²) in [4.78, 5) is 17.7. The highest BCUT2D eigenvalue weighted by molar-refractivity contribution is 6.30. The number of piperidine rings is 1. The number of aliphatic hydroxyl groups is 1. The van der Waals surface area contributed by atoms with Gasteiger partial charge in [-0.2, -0.15) is 5.10 Å². The Bertz CT molecular complexity index is 749. The number of halogens is 1. The molecule has 25 heavy (non-hydrogen) atoms. The van der Waals surface area contributed by atoms with E-state index in [1.54, 1.807) is 6.07 Å². The molecular weight excluding hydrogens is 344 g/mol. The predicted molar refractivity (Wildman–Crippen MR) is 92.4 cm³/mol. The van der Waals surface area contributed by atoms with E-state index < -0.39 is 5.97 Å². The van der Waals surface area contributed by atoms with E-state index in [0.29, 0.717) is 36.2 Å². The van der Waals surface area contributed by atoms with Crippen LogP contribution in [0.4, 0.5) is 0 Å². The Kier molecular flexibility index (Phi) is 5.67. The van der Waals surface area contributed by atoms with Crippen LogP contribution < -0.4 is 0 Å². The number of rotatable bonds is 6. The molecule has 2 heterocycles. The fraction of sp³-hybridized carbons (Fsp3) is 0.471. The van der Waals surface area contributed by atoms with Gasteiger partial charge in [0.2, 0.25) is 0 Å². The van der Waals surface area contributed by atoms with Crippen molar-refractivity contribution in [3.63, 3.8) is 0 Å². The van der Waals surface area contributed by atoms with Crippen molar-refractivity contribution in [3.8, 4) is 0 Å². The largest absolute Gasteiger partial charge is 0.480 e. The van der Waals surface area contributed by atoms with Crippen LogP contribution in [-0.2, 0) is 24.3 Å². The molecule has 0 saturated carbocycles. The average molecular weight is 365 g/mol. The Balaban J connectivity index is 1.78. The lowest BCUT2D eigenvalue weighted by Gasteiger charge is -2.29. The van der Waals surface area contributed by atoms with Crippen molar-refractivity contribution in [2.24, 2.45) is 0 Å². The number of carboxylic acid groups (broad SMARTS) is 1. The molecule has 134 valence electrons. The van der Waals surface area contributed by atoms with Crippen molar-refractivity contribution in [1.29, 1.82) is 0 Å². The first-order valence-corrected chi connectivity index (χ1v) is 8.66. The van der Waals surface area contributed by atoms with Crippen molar-refractivity contribution in [2.45, 2.75) is 38.5 Å². The minimum absolute atomic E-state index is 0.228. The number of aliphatic hydroxyl groups excluding tert-OH is 1. The van der Waals surface area contributed by atoms with E-state index in [1.165, 1.54) is 4.68 Å². The second-order valence-corrected chi connectivity index (χ2v) is 6.77. The van der Waals surface area contributed by atoms with Crippen molar-refractivity contribution in [2.75, 3.05) is 13.1 Å². The lowest BCUT2D eigenvalue weighted by Crippen LogP contribution is -2.38. The first-order valence-electron chi connectivity index (χ1n) is 8.29. The second kappa shape index (κ2) is 7.95. The molecule has 0 bridgehead atoms. The molecule has 0 spiro atoms. The Hall–Kier alpha value is -1.96. The molecule has 1 saturated heterocycles. The summed E-state index contributed by atoms with van der Waals surface area (Å²) in [7, 11) is 0. The summed E-state index contributed by atoms with van der Waals surface area (Å²) in [6.07, 6.45) is 1.88. The molecule has 1 aromatic heterocycles. The van der Waals surface area contributed by atoms with Crippen LogP contribution >= 0.6 is 11.6 Å². The Morgan fingerprint density at radius 3 is 2.96 bits per heavy atom. The van der Waals surface area contributed by atoms with Gasteiger partial charge in [0.15, 0.2) is 5.82 Å². The molecule has 2 aromatic rings. The van der Waals surface area contributed by atoms with Gasteiger partial charge >= 0.3 is 5.97 Å². The molecule has 0 radical (unpaired) electrons. The van der Waals surface area contributed by atoms with Gasteiger partial charge in [-0.3, -0.25) is 9.69 Å². The van der Waals surface area contributed by atoms with E-state index in [1.807, 2.05) is 18.2 Å². The number of nitrogens with zero attached hydrogens (tertiary/aromatic N) is 4. The fourth-order valence-electron chi connectivity index (χ4n) is 3.08. The molecule has 1 aromatic carbocycles. The summed E-state index contributed by atoms with van der Waals surface area (Å²) in [5.41, 5.74) is 0.972. The molecular formula is C17H21ClN4O3. The third kappa shape index (κ3) is 5.01. The van der Waals surface area contributed by atoms with Crippen LogP contribution in [0.15, 0.2) is 24.3 Å². The van der Waals surface area contributed by atoms with Crippen LogP contribution in [0, 0.1) is 0 Å². The van der Waals surface area contributed by atoms with Crippen LogP contribution in [0.1, 0.15) is 30.1 Å². The zero-order valence-electron chi connectivity index (χ0n) is 13.8. The standard InChI is InChI=1S/C17H21ClN4O3/c18-13-4-1-3-12(7-13)8-15-19-16(22(20-15)11-17(24)25)10-21-6-2-5-14(23)9-21/h1,3-4,7,14,23H,2,5-6,8-11H2,(H,24,25)/t14-/m1/s1. The third-order valence-electron chi connectivity index (χ3n) is 4.17. The molecule has 1 atom stereocenters. The smallest absolute Gasteiger partial charge is 0.325 e. The van der Waals surface area contributed by atoms with Crippen molar-refractivity contribution < 1.29 is 15.0 Å². The minimum atomic E-state index is -0.959. The average Bonchev–Trinajstić information content (AvgIpc) is 2.87. The number of hydrogen-bond donors (Lipinski definition) is 2. The Morgan fingerprint density at radius 2 is 2.24 bits per heavy atom. The predicted octanol–water partition coefficient (Wildman–Crippen LogP) is 1.56. The zero-order valence-corrected chi connectivity index (χ0v) is 14.6. The van der Waals surface area contributed by atoms with E-state index in [9.17, 15) is 9.90 Å². The molecule has 3 rings (SSSR count). The summed E-state index contributed by atoms with van der Waals surface area (Å²) >= 11 is 6.00. The fourth-order valence-corrected chi connectivity index (χ4v) is 3.29. The first kappa shape index (κ1) is 17.8. The summed E-state index contributed by atoms with van der Waals surface area (Å²) in [6.45, 7) is 1.69. The maximum atomic E-state index is 11.1. The molecule has 1 aliphatic rings. The topological polar surface area (TPSA) is 91.5 Å². The SMILES string of the molecule is O=C(O)Cn1nc(Cc2cccc(Cl)c2)nc1CN1CCC[C@@H](O)C1. The van der Waals surface area contributed by atoms with Crippen LogP contribution in [0.5, 0.6) is 0 Å². The van der Waals surface area contributed by atoms with Gasteiger partial charge in [-0.1, -0.05) is 23.7 Å². The summed E-state index contributed by atoms with van der Waals surface area (Å²) < 4.78 is 1.43. The van der Waals surface area contributed by atoms with Crippen LogP contribution in [0.2, 0.25) is 5.02 Å². The van der Waals surface area contributed by atoms with Crippen LogP contribution in [0.25, 0.3) is 0 Å². The van der Waals surface area contributed by atoms with Gasteiger partial charge in [-0.05, 0) is 37.1 Å². The van der Waals surface area contributed by atoms with Crippen molar-refractivity contribution >= 4 is 17.6 Å². The van der Waals surface area contributed by atoms with E-state index in [2.05, 4.69) is 15.0 Å². The number of carbonyl (C=O) groups is 1. The number of aromatic nitrogens is 3. The number of benzene rings is 1. The van der Waals surface area contributed by atoms with Gasteiger partial charge in [-0.15, -0.1) is 0 Å². The van der Waals surface area contributed by atoms with Gasteiger partial charge in [0, 0.05) is 18.0 Å². The number of hydrogen-bond acceptors (Lipinski definition) is 5. The summed E-state index contributed by atoms with van der Waals surface area (Å²) in [5, 5.41) is 23.9. The third-order valence-corrected chi connectivity index (χ3v) is 4.41. The minimum Gasteiger partial charge on any atom is -0.480 e. The van der Waals surface area contributed by atoms with Gasteiger partial charge in [0.05, 0.1) is 12.6 Å². The summed E-state index contributed by atoms with van der Waals surface area (Å²) in [6, 6.07) is 7.45. The van der Waals surface area contributed by atoms with E-state index in [4.69, 9.17) is 16.7 Å². The molecule has 7 nitrogen and oxygen atoms in total. The van der Waals surface area contributed by atoms with Crippen LogP contribution in [-0.4, -0.2) is 55.0 Å².